The molecule has 0 radical (unpaired) electrons. The lowest BCUT2D eigenvalue weighted by Crippen LogP contribution is -2.13. The summed E-state index contributed by atoms with van der Waals surface area (Å²) >= 11 is 10.00. The van der Waals surface area contributed by atoms with Crippen LogP contribution in [0, 0.1) is 11.3 Å². The molecule has 0 bridgehead atoms. The number of halogens is 3. The summed E-state index contributed by atoms with van der Waals surface area (Å²) in [5.74, 6) is -0.279. The molecule has 1 amide bonds. The van der Waals surface area contributed by atoms with E-state index in [9.17, 15) is 4.79 Å². The monoisotopic (exact) mass is 456 g/mol. The SMILES string of the molecule is N#Cc1ccc(Br)cc1NC(=O)c1ccc(Br)cc1Br. The fourth-order valence-corrected chi connectivity index (χ4v) is 3.17. The minimum absolute atomic E-state index is 0.279. The lowest BCUT2D eigenvalue weighted by atomic mass is 10.1. The van der Waals surface area contributed by atoms with Crippen LogP contribution in [-0.4, -0.2) is 5.91 Å². The first-order chi connectivity index (χ1) is 9.51. The number of carbonyl (C=O) groups is 1. The molecule has 0 atom stereocenters. The first-order valence-corrected chi connectivity index (χ1v) is 7.85. The van der Waals surface area contributed by atoms with E-state index in [1.807, 2.05) is 6.07 Å². The number of amides is 1. The molecule has 1 N–H and O–H groups in total. The van der Waals surface area contributed by atoms with Gasteiger partial charge in [0.15, 0.2) is 0 Å². The summed E-state index contributed by atoms with van der Waals surface area (Å²) in [6.07, 6.45) is 0. The Morgan fingerprint density at radius 3 is 2.35 bits per heavy atom. The van der Waals surface area contributed by atoms with Crippen molar-refractivity contribution in [1.29, 1.82) is 5.26 Å². The lowest BCUT2D eigenvalue weighted by Gasteiger charge is -2.09. The van der Waals surface area contributed by atoms with Crippen LogP contribution in [0.3, 0.4) is 0 Å². The molecular weight excluding hydrogens is 452 g/mol. The minimum Gasteiger partial charge on any atom is -0.321 e. The molecule has 0 saturated carbocycles. The van der Waals surface area contributed by atoms with Crippen LogP contribution >= 0.6 is 47.8 Å². The Morgan fingerprint density at radius 2 is 1.70 bits per heavy atom. The number of anilines is 1. The van der Waals surface area contributed by atoms with Crippen molar-refractivity contribution < 1.29 is 4.79 Å². The summed E-state index contributed by atoms with van der Waals surface area (Å²) in [4.78, 5) is 12.2. The van der Waals surface area contributed by atoms with Gasteiger partial charge in [0.1, 0.15) is 6.07 Å². The van der Waals surface area contributed by atoms with Gasteiger partial charge in [0.25, 0.3) is 5.91 Å². The number of hydrogen-bond acceptors (Lipinski definition) is 2. The Hall–Kier alpha value is -1.16. The summed E-state index contributed by atoms with van der Waals surface area (Å²) in [5.41, 5.74) is 1.38. The van der Waals surface area contributed by atoms with E-state index in [0.717, 1.165) is 8.95 Å². The molecule has 6 heteroatoms. The molecule has 0 heterocycles. The molecule has 0 aliphatic rings. The van der Waals surface area contributed by atoms with Crippen LogP contribution in [0.5, 0.6) is 0 Å². The second kappa shape index (κ2) is 6.53. The molecule has 0 saturated heterocycles. The van der Waals surface area contributed by atoms with E-state index in [0.29, 0.717) is 21.3 Å². The average Bonchev–Trinajstić information content (AvgIpc) is 2.38. The van der Waals surface area contributed by atoms with Crippen molar-refractivity contribution in [3.8, 4) is 6.07 Å². The van der Waals surface area contributed by atoms with Crippen molar-refractivity contribution in [3.05, 3.63) is 60.9 Å². The van der Waals surface area contributed by atoms with Crippen LogP contribution < -0.4 is 5.32 Å². The lowest BCUT2D eigenvalue weighted by molar-refractivity contribution is 0.102. The summed E-state index contributed by atoms with van der Waals surface area (Å²) in [6, 6.07) is 12.4. The zero-order valence-electron chi connectivity index (χ0n) is 9.95. The number of nitriles is 1. The summed E-state index contributed by atoms with van der Waals surface area (Å²) in [6.45, 7) is 0. The van der Waals surface area contributed by atoms with E-state index in [4.69, 9.17) is 5.26 Å². The summed E-state index contributed by atoms with van der Waals surface area (Å²) < 4.78 is 2.35. The second-order valence-electron chi connectivity index (χ2n) is 3.88. The summed E-state index contributed by atoms with van der Waals surface area (Å²) in [7, 11) is 0. The van der Waals surface area contributed by atoms with Crippen LogP contribution in [0.25, 0.3) is 0 Å². The van der Waals surface area contributed by atoms with Crippen molar-refractivity contribution in [3.63, 3.8) is 0 Å². The highest BCUT2D eigenvalue weighted by Crippen LogP contribution is 2.25. The average molecular weight is 459 g/mol. The highest BCUT2D eigenvalue weighted by atomic mass is 79.9. The van der Waals surface area contributed by atoms with Crippen LogP contribution in [0.2, 0.25) is 0 Å². The minimum atomic E-state index is -0.279. The second-order valence-corrected chi connectivity index (χ2v) is 6.57. The Labute approximate surface area is 141 Å². The maximum absolute atomic E-state index is 12.2. The standard InChI is InChI=1S/C14H7Br3N2O/c15-9-3-4-11(12(17)5-9)14(20)19-13-6-10(16)2-1-8(13)7-18/h1-6H,(H,19,20). The van der Waals surface area contributed by atoms with Crippen LogP contribution in [0.4, 0.5) is 5.69 Å². The van der Waals surface area contributed by atoms with Gasteiger partial charge in [-0.3, -0.25) is 4.79 Å². The smallest absolute Gasteiger partial charge is 0.256 e. The molecule has 2 aromatic carbocycles. The largest absolute Gasteiger partial charge is 0.321 e. The molecule has 2 aromatic rings. The van der Waals surface area contributed by atoms with Crippen molar-refractivity contribution in [2.24, 2.45) is 0 Å². The van der Waals surface area contributed by atoms with E-state index >= 15 is 0 Å². The van der Waals surface area contributed by atoms with Gasteiger partial charge in [0.2, 0.25) is 0 Å². The molecule has 0 aliphatic heterocycles. The first kappa shape index (κ1) is 15.2. The van der Waals surface area contributed by atoms with Crippen molar-refractivity contribution in [1.82, 2.24) is 0 Å². The van der Waals surface area contributed by atoms with Gasteiger partial charge in [-0.2, -0.15) is 5.26 Å². The van der Waals surface area contributed by atoms with Gasteiger partial charge in [-0.15, -0.1) is 0 Å². The Balaban J connectivity index is 2.33. The maximum atomic E-state index is 12.2. The van der Waals surface area contributed by atoms with E-state index in [1.54, 1.807) is 36.4 Å². The Bertz CT molecular complexity index is 723. The number of benzene rings is 2. The number of carbonyl (C=O) groups excluding carboxylic acids is 1. The predicted octanol–water partition coefficient (Wildman–Crippen LogP) is 5.10. The van der Waals surface area contributed by atoms with Gasteiger partial charge in [0, 0.05) is 13.4 Å². The Kier molecular flexibility index (Phi) is 4.97. The molecule has 0 aliphatic carbocycles. The quantitative estimate of drug-likeness (QED) is 0.680. The van der Waals surface area contributed by atoms with Gasteiger partial charge in [0.05, 0.1) is 16.8 Å². The predicted molar refractivity (Wildman–Crippen MR) is 88.7 cm³/mol. The van der Waals surface area contributed by atoms with E-state index in [1.165, 1.54) is 0 Å². The van der Waals surface area contributed by atoms with E-state index < -0.39 is 0 Å². The fourth-order valence-electron chi connectivity index (χ4n) is 1.58. The van der Waals surface area contributed by atoms with E-state index in [-0.39, 0.29) is 5.91 Å². The van der Waals surface area contributed by atoms with Gasteiger partial charge >= 0.3 is 0 Å². The molecule has 0 fully saturated rings. The van der Waals surface area contributed by atoms with Gasteiger partial charge in [-0.1, -0.05) is 31.9 Å². The molecule has 2 rings (SSSR count). The number of nitrogens with zero attached hydrogens (tertiary/aromatic N) is 1. The molecule has 20 heavy (non-hydrogen) atoms. The fraction of sp³-hybridized carbons (Fsp3) is 0. The Morgan fingerprint density at radius 1 is 1.05 bits per heavy atom. The number of nitrogens with one attached hydrogen (secondary N) is 1. The molecular formula is C14H7Br3N2O. The van der Waals surface area contributed by atoms with Gasteiger partial charge < -0.3 is 5.32 Å². The number of hydrogen-bond donors (Lipinski definition) is 1. The first-order valence-electron chi connectivity index (χ1n) is 5.47. The highest BCUT2D eigenvalue weighted by molar-refractivity contribution is 9.11. The maximum Gasteiger partial charge on any atom is 0.256 e. The van der Waals surface area contributed by atoms with E-state index in [2.05, 4.69) is 53.1 Å². The van der Waals surface area contributed by atoms with Crippen LogP contribution in [-0.2, 0) is 0 Å². The number of rotatable bonds is 2. The molecule has 0 unspecified atom stereocenters. The van der Waals surface area contributed by atoms with Crippen LogP contribution in [0.15, 0.2) is 49.8 Å². The highest BCUT2D eigenvalue weighted by Gasteiger charge is 2.12. The van der Waals surface area contributed by atoms with Crippen molar-refractivity contribution in [2.75, 3.05) is 5.32 Å². The normalized spacial score (nSPS) is 9.90. The van der Waals surface area contributed by atoms with Gasteiger partial charge in [-0.25, -0.2) is 0 Å². The van der Waals surface area contributed by atoms with Crippen LogP contribution in [0.1, 0.15) is 15.9 Å². The third-order valence-corrected chi connectivity index (χ3v) is 4.17. The topological polar surface area (TPSA) is 52.9 Å². The van der Waals surface area contributed by atoms with Crippen molar-refractivity contribution >= 4 is 59.4 Å². The third-order valence-electron chi connectivity index (χ3n) is 2.53. The molecule has 3 nitrogen and oxygen atoms in total. The molecule has 0 spiro atoms. The zero-order chi connectivity index (χ0) is 14.7. The third kappa shape index (κ3) is 3.48. The summed E-state index contributed by atoms with van der Waals surface area (Å²) in [5, 5.41) is 11.8. The van der Waals surface area contributed by atoms with Crippen molar-refractivity contribution in [2.45, 2.75) is 0 Å². The zero-order valence-corrected chi connectivity index (χ0v) is 14.7. The van der Waals surface area contributed by atoms with Gasteiger partial charge in [-0.05, 0) is 52.3 Å². The molecule has 100 valence electrons. The molecule has 0 aromatic heterocycles.